The quantitative estimate of drug-likeness (QED) is 0.337. The summed E-state index contributed by atoms with van der Waals surface area (Å²) in [6.45, 7) is 3.58. The van der Waals surface area contributed by atoms with Crippen LogP contribution in [0.3, 0.4) is 0 Å². The number of hydrogen-bond acceptors (Lipinski definition) is 5. The third kappa shape index (κ3) is 4.55. The molecule has 2 heterocycles. The molecule has 0 saturated heterocycles. The maximum atomic E-state index is 14.0. The highest BCUT2D eigenvalue weighted by atomic mass is 32.2. The summed E-state index contributed by atoms with van der Waals surface area (Å²) < 4.78 is 6.53. The summed E-state index contributed by atoms with van der Waals surface area (Å²) in [5.74, 6) is -0.669. The van der Waals surface area contributed by atoms with Gasteiger partial charge in [-0.3, -0.25) is 14.2 Å². The molecule has 1 aromatic heterocycles. The van der Waals surface area contributed by atoms with Crippen molar-refractivity contribution in [1.82, 2.24) is 4.57 Å². The number of rotatable bonds is 6. The Morgan fingerprint density at radius 3 is 2.46 bits per heavy atom. The largest absolute Gasteiger partial charge is 0.467 e. The zero-order valence-electron chi connectivity index (χ0n) is 21.0. The average molecular weight is 513 g/mol. The Morgan fingerprint density at radius 2 is 1.73 bits per heavy atom. The summed E-state index contributed by atoms with van der Waals surface area (Å²) in [6.07, 6.45) is 0.436. The Labute approximate surface area is 219 Å². The van der Waals surface area contributed by atoms with Crippen LogP contribution < -0.4 is 10.9 Å². The van der Waals surface area contributed by atoms with Crippen molar-refractivity contribution >= 4 is 40.1 Å². The molecule has 5 rings (SSSR count). The second-order valence-electron chi connectivity index (χ2n) is 9.38. The van der Waals surface area contributed by atoms with Crippen LogP contribution >= 0.6 is 11.8 Å². The molecule has 1 N–H and O–H groups in total. The first-order chi connectivity index (χ1) is 17.9. The minimum Gasteiger partial charge on any atom is -0.467 e. The zero-order valence-corrected chi connectivity index (χ0v) is 21.8. The number of hydrogen-bond donors (Lipinski definition) is 1. The smallest absolute Gasteiger partial charge is 0.329 e. The van der Waals surface area contributed by atoms with Crippen LogP contribution in [-0.2, 0) is 20.7 Å². The second kappa shape index (κ2) is 10.3. The van der Waals surface area contributed by atoms with Gasteiger partial charge < -0.3 is 10.1 Å². The number of amides is 1. The van der Waals surface area contributed by atoms with Crippen molar-refractivity contribution in [3.8, 4) is 11.1 Å². The van der Waals surface area contributed by atoms with E-state index >= 15 is 0 Å². The molecule has 0 aliphatic carbocycles. The summed E-state index contributed by atoms with van der Waals surface area (Å²) in [4.78, 5) is 39.6. The number of esters is 1. The maximum Gasteiger partial charge on any atom is 0.329 e. The van der Waals surface area contributed by atoms with Gasteiger partial charge >= 0.3 is 5.97 Å². The number of carbonyl (C=O) groups is 2. The van der Waals surface area contributed by atoms with Gasteiger partial charge in [0.1, 0.15) is 11.7 Å². The fraction of sp³-hybridized carbons (Fsp3) is 0.233. The lowest BCUT2D eigenvalue weighted by atomic mass is 9.92. The number of ether oxygens (including phenoxy) is 1. The summed E-state index contributed by atoms with van der Waals surface area (Å²) in [6, 6.07) is 23.3. The highest BCUT2D eigenvalue weighted by Crippen LogP contribution is 2.44. The van der Waals surface area contributed by atoms with Gasteiger partial charge in [0.15, 0.2) is 0 Å². The molecule has 4 aromatic rings. The number of anilines is 1. The van der Waals surface area contributed by atoms with Gasteiger partial charge in [-0.25, -0.2) is 4.79 Å². The number of methoxy groups -OCH3 is 1. The van der Waals surface area contributed by atoms with E-state index in [-0.39, 0.29) is 23.1 Å². The molecule has 188 valence electrons. The van der Waals surface area contributed by atoms with Crippen molar-refractivity contribution in [2.24, 2.45) is 5.92 Å². The Bertz CT molecular complexity index is 1550. The highest BCUT2D eigenvalue weighted by molar-refractivity contribution is 7.99. The standard InChI is InChI=1S/C30H28N2O4S/c1-18(2)27(33)31-26-23(16-21-14-9-13-19-10-7-8-15-22(19)21)25(20-11-5-4-6-12-20)29-32(28(26)34)24(17-37-29)30(35)36-3/h4-15,18,24H,16-17H2,1-3H3,(H,31,33)/t24-/m0/s1. The Balaban J connectivity index is 1.83. The van der Waals surface area contributed by atoms with E-state index in [1.807, 2.05) is 48.5 Å². The minimum atomic E-state index is -0.763. The second-order valence-corrected chi connectivity index (χ2v) is 10.4. The molecule has 1 amide bonds. The third-order valence-electron chi connectivity index (χ3n) is 6.71. The predicted molar refractivity (Wildman–Crippen MR) is 148 cm³/mol. The Morgan fingerprint density at radius 1 is 1.03 bits per heavy atom. The molecule has 1 atom stereocenters. The number of nitrogens with zero attached hydrogens (tertiary/aromatic N) is 1. The number of fused-ring (bicyclic) bond motifs is 2. The number of benzene rings is 3. The van der Waals surface area contributed by atoms with Crippen LogP contribution in [0.25, 0.3) is 21.9 Å². The van der Waals surface area contributed by atoms with E-state index in [1.165, 1.54) is 23.4 Å². The lowest BCUT2D eigenvalue weighted by Gasteiger charge is -2.22. The van der Waals surface area contributed by atoms with E-state index in [1.54, 1.807) is 13.8 Å². The fourth-order valence-corrected chi connectivity index (χ4v) is 6.13. The van der Waals surface area contributed by atoms with Gasteiger partial charge in [-0.05, 0) is 27.5 Å². The summed E-state index contributed by atoms with van der Waals surface area (Å²) in [7, 11) is 1.32. The van der Waals surface area contributed by atoms with Gasteiger partial charge in [-0.15, -0.1) is 11.8 Å². The van der Waals surface area contributed by atoms with Crippen LogP contribution in [0.4, 0.5) is 5.69 Å². The highest BCUT2D eigenvalue weighted by Gasteiger charge is 2.36. The van der Waals surface area contributed by atoms with Crippen LogP contribution in [0.5, 0.6) is 0 Å². The van der Waals surface area contributed by atoms with Gasteiger partial charge in [0.25, 0.3) is 5.56 Å². The first-order valence-corrected chi connectivity index (χ1v) is 13.2. The topological polar surface area (TPSA) is 77.4 Å². The molecule has 0 bridgehead atoms. The van der Waals surface area contributed by atoms with Crippen LogP contribution in [0.15, 0.2) is 82.6 Å². The summed E-state index contributed by atoms with van der Waals surface area (Å²) >= 11 is 1.47. The first-order valence-electron chi connectivity index (χ1n) is 12.3. The summed E-state index contributed by atoms with van der Waals surface area (Å²) in [5, 5.41) is 5.84. The van der Waals surface area contributed by atoms with Crippen molar-refractivity contribution in [2.75, 3.05) is 18.2 Å². The zero-order chi connectivity index (χ0) is 26.1. The van der Waals surface area contributed by atoms with Crippen LogP contribution in [0, 0.1) is 5.92 Å². The van der Waals surface area contributed by atoms with Gasteiger partial charge in [-0.2, -0.15) is 0 Å². The Hall–Kier alpha value is -3.84. The normalized spacial score (nSPS) is 14.5. The lowest BCUT2D eigenvalue weighted by molar-refractivity contribution is -0.143. The molecule has 0 unspecified atom stereocenters. The molecular weight excluding hydrogens is 484 g/mol. The molecule has 6 nitrogen and oxygen atoms in total. The van der Waals surface area contributed by atoms with Crippen molar-refractivity contribution in [2.45, 2.75) is 31.3 Å². The monoisotopic (exact) mass is 512 g/mol. The number of nitrogens with one attached hydrogen (secondary N) is 1. The average Bonchev–Trinajstić information content (AvgIpc) is 3.36. The van der Waals surface area contributed by atoms with Crippen molar-refractivity contribution in [3.63, 3.8) is 0 Å². The van der Waals surface area contributed by atoms with E-state index < -0.39 is 12.0 Å². The molecule has 0 radical (unpaired) electrons. The molecule has 0 fully saturated rings. The van der Waals surface area contributed by atoms with Gasteiger partial charge in [0.2, 0.25) is 5.91 Å². The van der Waals surface area contributed by atoms with Gasteiger partial charge in [0.05, 0.1) is 12.1 Å². The molecule has 1 aliphatic rings. The maximum absolute atomic E-state index is 14.0. The molecule has 7 heteroatoms. The number of aromatic nitrogens is 1. The van der Waals surface area contributed by atoms with E-state index in [2.05, 4.69) is 29.6 Å². The third-order valence-corrected chi connectivity index (χ3v) is 7.87. The van der Waals surface area contributed by atoms with E-state index in [0.717, 1.165) is 33.0 Å². The SMILES string of the molecule is COC(=O)[C@@H]1CSc2c(-c3ccccc3)c(Cc3cccc4ccccc34)c(NC(=O)C(C)C)c(=O)n21. The molecule has 1 aliphatic heterocycles. The number of thioether (sulfide) groups is 1. The van der Waals surface area contributed by atoms with Crippen LogP contribution in [0.1, 0.15) is 31.0 Å². The predicted octanol–water partition coefficient (Wildman–Crippen LogP) is 5.67. The van der Waals surface area contributed by atoms with E-state index in [4.69, 9.17) is 4.74 Å². The van der Waals surface area contributed by atoms with Crippen LogP contribution in [-0.4, -0.2) is 29.3 Å². The molecule has 0 saturated carbocycles. The molecular formula is C30H28N2O4S. The van der Waals surface area contributed by atoms with Gasteiger partial charge in [-0.1, -0.05) is 86.6 Å². The molecule has 3 aromatic carbocycles. The minimum absolute atomic E-state index is 0.214. The van der Waals surface area contributed by atoms with Gasteiger partial charge in [0, 0.05) is 23.7 Å². The lowest BCUT2D eigenvalue weighted by Crippen LogP contribution is -2.34. The van der Waals surface area contributed by atoms with Crippen molar-refractivity contribution in [3.05, 3.63) is 94.3 Å². The summed E-state index contributed by atoms with van der Waals surface area (Å²) in [5.41, 5.74) is 3.38. The number of carbonyl (C=O) groups excluding carboxylic acids is 2. The van der Waals surface area contributed by atoms with E-state index in [9.17, 15) is 14.4 Å². The number of pyridine rings is 1. The molecule has 37 heavy (non-hydrogen) atoms. The van der Waals surface area contributed by atoms with E-state index in [0.29, 0.717) is 17.2 Å². The van der Waals surface area contributed by atoms with Crippen LogP contribution in [0.2, 0.25) is 0 Å². The van der Waals surface area contributed by atoms with Crippen molar-refractivity contribution < 1.29 is 14.3 Å². The fourth-order valence-electron chi connectivity index (χ4n) is 4.80. The molecule has 0 spiro atoms. The Kier molecular flexibility index (Phi) is 6.89. The van der Waals surface area contributed by atoms with Crippen molar-refractivity contribution in [1.29, 1.82) is 0 Å². The first kappa shape index (κ1) is 24.8.